The maximum atomic E-state index is 12.0. The Morgan fingerprint density at radius 3 is 2.62 bits per heavy atom. The van der Waals surface area contributed by atoms with Gasteiger partial charge in [0.1, 0.15) is 0 Å². The van der Waals surface area contributed by atoms with Crippen LogP contribution >= 0.6 is 0 Å². The van der Waals surface area contributed by atoms with Gasteiger partial charge in [-0.2, -0.15) is 0 Å². The third kappa shape index (κ3) is 4.59. The predicted octanol–water partition coefficient (Wildman–Crippen LogP) is 2.49. The molecule has 0 unspecified atom stereocenters. The molecule has 0 radical (unpaired) electrons. The maximum Gasteiger partial charge on any atom is 0.338 e. The minimum absolute atomic E-state index is 0.220. The van der Waals surface area contributed by atoms with Gasteiger partial charge in [0.25, 0.3) is 5.91 Å². The van der Waals surface area contributed by atoms with E-state index in [4.69, 9.17) is 4.74 Å². The zero-order valence-electron chi connectivity index (χ0n) is 12.8. The highest BCUT2D eigenvalue weighted by Gasteiger charge is 2.14. The van der Waals surface area contributed by atoms with E-state index in [0.29, 0.717) is 18.0 Å². The number of amides is 1. The zero-order chi connectivity index (χ0) is 15.2. The Bertz CT molecular complexity index is 523. The topological polar surface area (TPSA) is 55.4 Å². The van der Waals surface area contributed by atoms with Crippen molar-refractivity contribution in [2.24, 2.45) is 5.92 Å². The summed E-state index contributed by atoms with van der Waals surface area (Å²) < 4.78 is 5.06. The molecule has 0 fully saturated rings. The molecule has 0 spiro atoms. The smallest absolute Gasteiger partial charge is 0.338 e. The van der Waals surface area contributed by atoms with Crippen LogP contribution in [0.5, 0.6) is 0 Å². The Balaban J connectivity index is 1.87. The normalized spacial score (nSPS) is 13.7. The summed E-state index contributed by atoms with van der Waals surface area (Å²) in [4.78, 5) is 23.5. The molecule has 1 aliphatic carbocycles. The monoisotopic (exact) mass is 289 g/mol. The van der Waals surface area contributed by atoms with E-state index >= 15 is 0 Å². The quantitative estimate of drug-likeness (QED) is 0.847. The molecule has 2 rings (SSSR count). The van der Waals surface area contributed by atoms with Crippen LogP contribution in [0.4, 0.5) is 0 Å². The van der Waals surface area contributed by atoms with Crippen molar-refractivity contribution < 1.29 is 14.3 Å². The number of ether oxygens (including phenoxy) is 1. The molecule has 1 amide bonds. The summed E-state index contributed by atoms with van der Waals surface area (Å²) in [6.07, 6.45) is 4.49. The molecule has 0 atom stereocenters. The van der Waals surface area contributed by atoms with E-state index in [0.717, 1.165) is 12.8 Å². The van der Waals surface area contributed by atoms with Gasteiger partial charge in [-0.25, -0.2) is 4.79 Å². The first-order valence-corrected chi connectivity index (χ1v) is 7.62. The third-order valence-electron chi connectivity index (χ3n) is 3.63. The van der Waals surface area contributed by atoms with Crippen LogP contribution in [0.2, 0.25) is 0 Å². The number of rotatable bonds is 5. The predicted molar refractivity (Wildman–Crippen MR) is 81.2 cm³/mol. The van der Waals surface area contributed by atoms with Crippen molar-refractivity contribution in [1.82, 2.24) is 5.32 Å². The van der Waals surface area contributed by atoms with Crippen molar-refractivity contribution in [2.75, 3.05) is 13.2 Å². The van der Waals surface area contributed by atoms with E-state index in [1.54, 1.807) is 6.07 Å². The van der Waals surface area contributed by atoms with Crippen molar-refractivity contribution >= 4 is 11.9 Å². The van der Waals surface area contributed by atoms with Crippen LogP contribution < -0.4 is 5.32 Å². The first-order valence-electron chi connectivity index (χ1n) is 7.62. The van der Waals surface area contributed by atoms with Crippen molar-refractivity contribution in [1.29, 1.82) is 0 Å². The summed E-state index contributed by atoms with van der Waals surface area (Å²) in [5.74, 6) is -0.302. The Hall–Kier alpha value is -1.84. The molecule has 4 heteroatoms. The van der Waals surface area contributed by atoms with Gasteiger partial charge < -0.3 is 10.1 Å². The third-order valence-corrected chi connectivity index (χ3v) is 3.63. The minimum atomic E-state index is -0.428. The van der Waals surface area contributed by atoms with Crippen molar-refractivity contribution in [2.45, 2.75) is 39.5 Å². The first kappa shape index (κ1) is 15.5. The lowest BCUT2D eigenvalue weighted by atomic mass is 9.90. The molecule has 0 aliphatic heterocycles. The lowest BCUT2D eigenvalue weighted by molar-refractivity contribution is -0.124. The molecule has 0 saturated heterocycles. The number of aryl methyl sites for hydroxylation is 2. The number of nitrogens with one attached hydrogen (secondary N) is 1. The van der Waals surface area contributed by atoms with Gasteiger partial charge >= 0.3 is 5.97 Å². The molecule has 1 aromatic carbocycles. The average Bonchev–Trinajstić information content (AvgIpc) is 2.50. The lowest BCUT2D eigenvalue weighted by Crippen LogP contribution is -2.31. The molecule has 21 heavy (non-hydrogen) atoms. The fraction of sp³-hybridized carbons (Fsp3) is 0.529. The summed E-state index contributed by atoms with van der Waals surface area (Å²) in [6, 6.07) is 5.70. The molecule has 0 bridgehead atoms. The standard InChI is InChI=1S/C17H23NO3/c1-12(2)10-18-16(19)11-21-17(20)15-8-7-13-5-3-4-6-14(13)9-15/h7-9,12H,3-6,10-11H2,1-2H3,(H,18,19). The van der Waals surface area contributed by atoms with E-state index < -0.39 is 5.97 Å². The Labute approximate surface area is 125 Å². The fourth-order valence-corrected chi connectivity index (χ4v) is 2.44. The van der Waals surface area contributed by atoms with Crippen LogP contribution in [0.1, 0.15) is 48.2 Å². The second-order valence-electron chi connectivity index (χ2n) is 5.96. The molecule has 4 nitrogen and oxygen atoms in total. The molecule has 0 aromatic heterocycles. The van der Waals surface area contributed by atoms with E-state index in [-0.39, 0.29) is 12.5 Å². The Morgan fingerprint density at radius 1 is 1.19 bits per heavy atom. The van der Waals surface area contributed by atoms with Crippen molar-refractivity contribution in [3.05, 3.63) is 34.9 Å². The van der Waals surface area contributed by atoms with Gasteiger partial charge in [0.15, 0.2) is 6.61 Å². The largest absolute Gasteiger partial charge is 0.452 e. The van der Waals surface area contributed by atoms with Gasteiger partial charge in [0.05, 0.1) is 5.56 Å². The van der Waals surface area contributed by atoms with Gasteiger partial charge in [0.2, 0.25) is 0 Å². The molecule has 1 aliphatic rings. The Kier molecular flexibility index (Phi) is 5.37. The van der Waals surface area contributed by atoms with Gasteiger partial charge in [-0.15, -0.1) is 0 Å². The summed E-state index contributed by atoms with van der Waals surface area (Å²) in [7, 11) is 0. The van der Waals surface area contributed by atoms with Crippen molar-refractivity contribution in [3.63, 3.8) is 0 Å². The van der Waals surface area contributed by atoms with Crippen LogP contribution in [0.25, 0.3) is 0 Å². The molecular weight excluding hydrogens is 266 g/mol. The maximum absolute atomic E-state index is 12.0. The number of hydrogen-bond donors (Lipinski definition) is 1. The van der Waals surface area contributed by atoms with Crippen LogP contribution in [-0.2, 0) is 22.4 Å². The van der Waals surface area contributed by atoms with Crippen LogP contribution in [0, 0.1) is 5.92 Å². The van der Waals surface area contributed by atoms with Gasteiger partial charge in [-0.3, -0.25) is 4.79 Å². The van der Waals surface area contributed by atoms with Gasteiger partial charge in [0, 0.05) is 6.54 Å². The molecule has 0 saturated carbocycles. The van der Waals surface area contributed by atoms with Crippen molar-refractivity contribution in [3.8, 4) is 0 Å². The summed E-state index contributed by atoms with van der Waals surface area (Å²) in [5.41, 5.74) is 3.10. The molecule has 114 valence electrons. The SMILES string of the molecule is CC(C)CNC(=O)COC(=O)c1ccc2c(c1)CCCC2. The number of hydrogen-bond acceptors (Lipinski definition) is 3. The summed E-state index contributed by atoms with van der Waals surface area (Å²) >= 11 is 0. The number of fused-ring (bicyclic) bond motifs is 1. The summed E-state index contributed by atoms with van der Waals surface area (Å²) in [6.45, 7) is 4.40. The zero-order valence-corrected chi connectivity index (χ0v) is 12.8. The highest BCUT2D eigenvalue weighted by atomic mass is 16.5. The second-order valence-corrected chi connectivity index (χ2v) is 5.96. The Morgan fingerprint density at radius 2 is 1.90 bits per heavy atom. The minimum Gasteiger partial charge on any atom is -0.452 e. The molecule has 1 aromatic rings. The number of carbonyl (C=O) groups excluding carboxylic acids is 2. The second kappa shape index (κ2) is 7.25. The van der Waals surface area contributed by atoms with Gasteiger partial charge in [-0.1, -0.05) is 19.9 Å². The molecule has 0 heterocycles. The fourth-order valence-electron chi connectivity index (χ4n) is 2.44. The highest BCUT2D eigenvalue weighted by molar-refractivity contribution is 5.91. The first-order chi connectivity index (χ1) is 10.1. The molecule has 1 N–H and O–H groups in total. The van der Waals surface area contributed by atoms with E-state index in [2.05, 4.69) is 5.32 Å². The number of benzene rings is 1. The van der Waals surface area contributed by atoms with E-state index in [1.165, 1.54) is 24.0 Å². The van der Waals surface area contributed by atoms with Crippen LogP contribution in [-0.4, -0.2) is 25.0 Å². The van der Waals surface area contributed by atoms with E-state index in [1.807, 2.05) is 26.0 Å². The van der Waals surface area contributed by atoms with E-state index in [9.17, 15) is 9.59 Å². The van der Waals surface area contributed by atoms with Crippen LogP contribution in [0.3, 0.4) is 0 Å². The molecular formula is C17H23NO3. The van der Waals surface area contributed by atoms with Crippen LogP contribution in [0.15, 0.2) is 18.2 Å². The average molecular weight is 289 g/mol. The number of carbonyl (C=O) groups is 2. The summed E-state index contributed by atoms with van der Waals surface area (Å²) in [5, 5.41) is 2.72. The highest BCUT2D eigenvalue weighted by Crippen LogP contribution is 2.22. The number of esters is 1. The van der Waals surface area contributed by atoms with Gasteiger partial charge in [-0.05, 0) is 54.9 Å². The lowest BCUT2D eigenvalue weighted by Gasteiger charge is -2.16.